The number of aromatic nitrogens is 1. The van der Waals surface area contributed by atoms with E-state index in [0.29, 0.717) is 28.2 Å². The fourth-order valence-corrected chi connectivity index (χ4v) is 3.72. The average molecular weight is 533 g/mol. The Balaban J connectivity index is 1.66. The van der Waals surface area contributed by atoms with Crippen LogP contribution in [-0.2, 0) is 0 Å². The normalized spacial score (nSPS) is 10.9. The summed E-state index contributed by atoms with van der Waals surface area (Å²) in [5, 5.41) is 2.93. The van der Waals surface area contributed by atoms with E-state index in [1.165, 1.54) is 0 Å². The van der Waals surface area contributed by atoms with Gasteiger partial charge < -0.3 is 9.73 Å². The summed E-state index contributed by atoms with van der Waals surface area (Å²) in [6.07, 6.45) is 0. The van der Waals surface area contributed by atoms with Crippen LogP contribution in [0.25, 0.3) is 22.6 Å². The number of halogens is 2. The number of amides is 1. The number of carbonyl (C=O) groups excluding carboxylic acids is 1. The fourth-order valence-electron chi connectivity index (χ4n) is 2.81. The number of nitrogens with zero attached hydrogens (tertiary/aromatic N) is 1. The number of nitrogens with one attached hydrogen (secondary N) is 1. The van der Waals surface area contributed by atoms with Crippen LogP contribution >= 0.6 is 38.5 Å². The van der Waals surface area contributed by atoms with E-state index in [4.69, 9.17) is 4.42 Å². The summed E-state index contributed by atoms with van der Waals surface area (Å²) >= 11 is 5.80. The second-order valence-corrected chi connectivity index (χ2v) is 8.19. The molecule has 1 N–H and O–H groups in total. The Labute approximate surface area is 178 Å². The van der Waals surface area contributed by atoms with E-state index >= 15 is 0 Å². The molecule has 1 aromatic heterocycles. The Morgan fingerprint density at radius 3 is 2.74 bits per heavy atom. The zero-order chi connectivity index (χ0) is 19.0. The molecule has 134 valence electrons. The van der Waals surface area contributed by atoms with E-state index in [2.05, 4.69) is 48.8 Å². The van der Waals surface area contributed by atoms with E-state index in [0.717, 1.165) is 19.2 Å². The van der Waals surface area contributed by atoms with Crippen LogP contribution in [0.2, 0.25) is 0 Å². The number of rotatable bonds is 3. The first kappa shape index (κ1) is 18.2. The molecule has 27 heavy (non-hydrogen) atoms. The van der Waals surface area contributed by atoms with Gasteiger partial charge in [0, 0.05) is 19.3 Å². The number of hydrogen-bond acceptors (Lipinski definition) is 3. The molecule has 0 radical (unpaired) electrons. The third-order valence-corrected chi connectivity index (χ3v) is 5.56. The molecule has 0 fully saturated rings. The maximum atomic E-state index is 12.5. The minimum absolute atomic E-state index is 0.142. The van der Waals surface area contributed by atoms with Crippen molar-refractivity contribution >= 4 is 61.2 Å². The largest absolute Gasteiger partial charge is 0.436 e. The van der Waals surface area contributed by atoms with Crippen molar-refractivity contribution in [1.82, 2.24) is 4.98 Å². The monoisotopic (exact) mass is 532 g/mol. The minimum atomic E-state index is -0.142. The summed E-state index contributed by atoms with van der Waals surface area (Å²) in [6.45, 7) is 1.92. The molecule has 0 aliphatic rings. The van der Waals surface area contributed by atoms with Crippen molar-refractivity contribution in [3.8, 4) is 11.5 Å². The van der Waals surface area contributed by atoms with Crippen molar-refractivity contribution in [2.75, 3.05) is 5.32 Å². The summed E-state index contributed by atoms with van der Waals surface area (Å²) in [6, 6.07) is 18.9. The van der Waals surface area contributed by atoms with Crippen molar-refractivity contribution in [2.24, 2.45) is 0 Å². The van der Waals surface area contributed by atoms with Crippen LogP contribution in [0.4, 0.5) is 5.69 Å². The maximum absolute atomic E-state index is 12.5. The molecule has 0 saturated carbocycles. The lowest BCUT2D eigenvalue weighted by Gasteiger charge is -2.07. The molecule has 4 rings (SSSR count). The third-order valence-electron chi connectivity index (χ3n) is 4.19. The smallest absolute Gasteiger partial charge is 0.255 e. The highest BCUT2D eigenvalue weighted by Gasteiger charge is 2.14. The van der Waals surface area contributed by atoms with Crippen LogP contribution in [0.15, 0.2) is 69.6 Å². The average Bonchev–Trinajstić information content (AvgIpc) is 3.07. The summed E-state index contributed by atoms with van der Waals surface area (Å²) in [4.78, 5) is 17.1. The topological polar surface area (TPSA) is 55.1 Å². The van der Waals surface area contributed by atoms with Crippen LogP contribution < -0.4 is 5.32 Å². The van der Waals surface area contributed by atoms with Gasteiger partial charge in [0.1, 0.15) is 5.52 Å². The Hall–Kier alpha value is -2.19. The Morgan fingerprint density at radius 1 is 1.11 bits per heavy atom. The van der Waals surface area contributed by atoms with Gasteiger partial charge in [-0.15, -0.1) is 0 Å². The van der Waals surface area contributed by atoms with E-state index < -0.39 is 0 Å². The molecule has 0 unspecified atom stereocenters. The SMILES string of the molecule is Cc1ccccc1C(=O)Nc1ccc2oc(-c3cc(I)ccc3Br)nc2c1. The Kier molecular flexibility index (Phi) is 5.01. The van der Waals surface area contributed by atoms with Crippen molar-refractivity contribution < 1.29 is 9.21 Å². The van der Waals surface area contributed by atoms with E-state index in [1.54, 1.807) is 0 Å². The molecule has 6 heteroatoms. The molecule has 1 heterocycles. The first-order chi connectivity index (χ1) is 13.0. The molecule has 3 aromatic carbocycles. The van der Waals surface area contributed by atoms with Gasteiger partial charge in [0.15, 0.2) is 5.58 Å². The lowest BCUT2D eigenvalue weighted by Crippen LogP contribution is -2.13. The van der Waals surface area contributed by atoms with Gasteiger partial charge >= 0.3 is 0 Å². The minimum Gasteiger partial charge on any atom is -0.436 e. The number of fused-ring (bicyclic) bond motifs is 1. The Bertz CT molecular complexity index is 1170. The number of anilines is 1. The van der Waals surface area contributed by atoms with Crippen molar-refractivity contribution in [1.29, 1.82) is 0 Å². The molecule has 0 saturated heterocycles. The number of carbonyl (C=O) groups is 1. The molecule has 0 bridgehead atoms. The van der Waals surface area contributed by atoms with Crippen molar-refractivity contribution in [2.45, 2.75) is 6.92 Å². The Morgan fingerprint density at radius 2 is 1.93 bits per heavy atom. The van der Waals surface area contributed by atoms with Gasteiger partial charge in [-0.2, -0.15) is 0 Å². The van der Waals surface area contributed by atoms with Gasteiger partial charge in [-0.1, -0.05) is 18.2 Å². The molecule has 0 aliphatic carbocycles. The predicted molar refractivity (Wildman–Crippen MR) is 119 cm³/mol. The fraction of sp³-hybridized carbons (Fsp3) is 0.0476. The molecule has 4 nitrogen and oxygen atoms in total. The van der Waals surface area contributed by atoms with Gasteiger partial charge in [-0.05, 0) is 93.5 Å². The van der Waals surface area contributed by atoms with Crippen LogP contribution in [0.3, 0.4) is 0 Å². The van der Waals surface area contributed by atoms with Crippen LogP contribution in [0, 0.1) is 10.5 Å². The number of aryl methyl sites for hydroxylation is 1. The summed E-state index contributed by atoms with van der Waals surface area (Å²) < 4.78 is 7.91. The number of benzene rings is 3. The lowest BCUT2D eigenvalue weighted by atomic mass is 10.1. The molecular weight excluding hydrogens is 519 g/mol. The van der Waals surface area contributed by atoms with E-state index in [-0.39, 0.29) is 5.91 Å². The van der Waals surface area contributed by atoms with E-state index in [1.807, 2.05) is 67.6 Å². The van der Waals surface area contributed by atoms with Gasteiger partial charge in [0.2, 0.25) is 5.89 Å². The second-order valence-electron chi connectivity index (χ2n) is 6.09. The van der Waals surface area contributed by atoms with Gasteiger partial charge in [0.05, 0.1) is 5.56 Å². The molecule has 1 amide bonds. The zero-order valence-electron chi connectivity index (χ0n) is 14.3. The maximum Gasteiger partial charge on any atom is 0.255 e. The van der Waals surface area contributed by atoms with Gasteiger partial charge in [0.25, 0.3) is 5.91 Å². The summed E-state index contributed by atoms with van der Waals surface area (Å²) in [5.41, 5.74) is 4.52. The predicted octanol–water partition coefficient (Wildman–Crippen LogP) is 6.42. The number of oxazole rings is 1. The number of hydrogen-bond donors (Lipinski definition) is 1. The molecule has 0 spiro atoms. The van der Waals surface area contributed by atoms with E-state index in [9.17, 15) is 4.79 Å². The second kappa shape index (κ2) is 7.44. The highest BCUT2D eigenvalue weighted by molar-refractivity contribution is 14.1. The highest BCUT2D eigenvalue weighted by Crippen LogP contribution is 2.32. The first-order valence-corrected chi connectivity index (χ1v) is 10.1. The van der Waals surface area contributed by atoms with Crippen LogP contribution in [0.1, 0.15) is 15.9 Å². The van der Waals surface area contributed by atoms with Gasteiger partial charge in [-0.25, -0.2) is 4.98 Å². The standard InChI is InChI=1S/C21H14BrIN2O2/c1-12-4-2-3-5-15(12)20(26)24-14-7-9-19-18(11-14)25-21(27-19)16-10-13(23)6-8-17(16)22/h2-11H,1H3,(H,24,26). The van der Waals surface area contributed by atoms with Crippen LogP contribution in [0.5, 0.6) is 0 Å². The van der Waals surface area contributed by atoms with Gasteiger partial charge in [-0.3, -0.25) is 4.79 Å². The van der Waals surface area contributed by atoms with Crippen LogP contribution in [-0.4, -0.2) is 10.9 Å². The molecule has 0 atom stereocenters. The van der Waals surface area contributed by atoms with Crippen molar-refractivity contribution in [3.05, 3.63) is 79.8 Å². The highest BCUT2D eigenvalue weighted by atomic mass is 127. The zero-order valence-corrected chi connectivity index (χ0v) is 18.0. The summed E-state index contributed by atoms with van der Waals surface area (Å²) in [7, 11) is 0. The molecular formula is C21H14BrIN2O2. The lowest BCUT2D eigenvalue weighted by molar-refractivity contribution is 0.102. The first-order valence-electron chi connectivity index (χ1n) is 8.24. The summed E-state index contributed by atoms with van der Waals surface area (Å²) in [5.74, 6) is 0.397. The third kappa shape index (κ3) is 3.77. The molecule has 0 aliphatic heterocycles. The quantitative estimate of drug-likeness (QED) is 0.310. The van der Waals surface area contributed by atoms with Crippen molar-refractivity contribution in [3.63, 3.8) is 0 Å². The molecule has 4 aromatic rings.